The van der Waals surface area contributed by atoms with Gasteiger partial charge in [0.05, 0.1) is 6.54 Å². The lowest BCUT2D eigenvalue weighted by molar-refractivity contribution is 0.282. The quantitative estimate of drug-likeness (QED) is 0.719. The third kappa shape index (κ3) is 3.40. The Morgan fingerprint density at radius 3 is 2.41 bits per heavy atom. The Labute approximate surface area is 130 Å². The first kappa shape index (κ1) is 14.5. The molecule has 0 atom stereocenters. The molecule has 0 aliphatic carbocycles. The molecule has 0 N–H and O–H groups in total. The minimum absolute atomic E-state index is 0.569. The minimum Gasteiger partial charge on any atom is -0.419 e. The number of aromatic nitrogens is 2. The summed E-state index contributed by atoms with van der Waals surface area (Å²) in [7, 11) is 2.05. The van der Waals surface area contributed by atoms with Crippen molar-refractivity contribution in [3.05, 3.63) is 71.6 Å². The number of benzene rings is 2. The summed E-state index contributed by atoms with van der Waals surface area (Å²) in [4.78, 5) is 2.17. The average molecular weight is 293 g/mol. The number of nitrogens with zero attached hydrogens (tertiary/aromatic N) is 3. The molecule has 0 radical (unpaired) electrons. The van der Waals surface area contributed by atoms with Crippen LogP contribution in [0.4, 0.5) is 0 Å². The van der Waals surface area contributed by atoms with Crippen LogP contribution >= 0.6 is 0 Å². The third-order valence-corrected chi connectivity index (χ3v) is 3.59. The first-order valence-electron chi connectivity index (χ1n) is 7.33. The molecule has 0 unspecified atom stereocenters. The highest BCUT2D eigenvalue weighted by atomic mass is 16.4. The molecule has 4 nitrogen and oxygen atoms in total. The van der Waals surface area contributed by atoms with Gasteiger partial charge in [0, 0.05) is 12.1 Å². The molecule has 0 aliphatic heterocycles. The molecule has 22 heavy (non-hydrogen) atoms. The molecule has 0 saturated heterocycles. The van der Waals surface area contributed by atoms with E-state index in [0.717, 1.165) is 12.1 Å². The Bertz CT molecular complexity index is 737. The molecule has 0 spiro atoms. The van der Waals surface area contributed by atoms with E-state index in [-0.39, 0.29) is 0 Å². The number of aryl methyl sites for hydroxylation is 1. The Kier molecular flexibility index (Phi) is 4.30. The number of rotatable bonds is 5. The number of hydrogen-bond acceptors (Lipinski definition) is 4. The lowest BCUT2D eigenvalue weighted by Gasteiger charge is -2.15. The van der Waals surface area contributed by atoms with Gasteiger partial charge in [0.15, 0.2) is 0 Å². The van der Waals surface area contributed by atoms with Crippen molar-refractivity contribution in [2.45, 2.75) is 20.0 Å². The van der Waals surface area contributed by atoms with Crippen LogP contribution in [-0.2, 0) is 13.1 Å². The van der Waals surface area contributed by atoms with Gasteiger partial charge in [0.25, 0.3) is 0 Å². The van der Waals surface area contributed by atoms with E-state index in [4.69, 9.17) is 4.42 Å². The summed E-state index contributed by atoms with van der Waals surface area (Å²) in [6.45, 7) is 3.62. The van der Waals surface area contributed by atoms with Gasteiger partial charge < -0.3 is 4.42 Å². The van der Waals surface area contributed by atoms with Crippen LogP contribution in [0.5, 0.6) is 0 Å². The van der Waals surface area contributed by atoms with Crippen LogP contribution in [0.3, 0.4) is 0 Å². The zero-order valence-electron chi connectivity index (χ0n) is 12.9. The van der Waals surface area contributed by atoms with Gasteiger partial charge in [-0.15, -0.1) is 10.2 Å². The maximum atomic E-state index is 5.74. The van der Waals surface area contributed by atoms with Crippen molar-refractivity contribution < 1.29 is 4.42 Å². The van der Waals surface area contributed by atoms with E-state index >= 15 is 0 Å². The van der Waals surface area contributed by atoms with E-state index in [2.05, 4.69) is 53.3 Å². The first-order chi connectivity index (χ1) is 10.7. The second kappa shape index (κ2) is 6.54. The first-order valence-corrected chi connectivity index (χ1v) is 7.33. The molecule has 0 amide bonds. The van der Waals surface area contributed by atoms with Crippen LogP contribution < -0.4 is 0 Å². The third-order valence-electron chi connectivity index (χ3n) is 3.59. The Hall–Kier alpha value is -2.46. The zero-order chi connectivity index (χ0) is 15.4. The second-order valence-corrected chi connectivity index (χ2v) is 5.47. The van der Waals surface area contributed by atoms with Crippen molar-refractivity contribution >= 4 is 0 Å². The van der Waals surface area contributed by atoms with Crippen molar-refractivity contribution in [3.63, 3.8) is 0 Å². The van der Waals surface area contributed by atoms with E-state index < -0.39 is 0 Å². The molecule has 0 fully saturated rings. The van der Waals surface area contributed by atoms with Gasteiger partial charge in [-0.05, 0) is 37.2 Å². The van der Waals surface area contributed by atoms with Crippen LogP contribution in [0.2, 0.25) is 0 Å². The Morgan fingerprint density at radius 1 is 0.909 bits per heavy atom. The molecule has 0 saturated carbocycles. The van der Waals surface area contributed by atoms with E-state index in [0.29, 0.717) is 18.3 Å². The average Bonchev–Trinajstić information content (AvgIpc) is 2.99. The lowest BCUT2D eigenvalue weighted by Crippen LogP contribution is -2.18. The van der Waals surface area contributed by atoms with E-state index in [1.54, 1.807) is 0 Å². The van der Waals surface area contributed by atoms with Crippen LogP contribution in [0, 0.1) is 6.92 Å². The molecule has 2 aromatic carbocycles. The Morgan fingerprint density at radius 2 is 1.64 bits per heavy atom. The largest absolute Gasteiger partial charge is 0.419 e. The summed E-state index contributed by atoms with van der Waals surface area (Å²) in [5.41, 5.74) is 3.56. The zero-order valence-corrected chi connectivity index (χ0v) is 12.9. The minimum atomic E-state index is 0.569. The molecular formula is C18H19N3O. The molecule has 0 bridgehead atoms. The van der Waals surface area contributed by atoms with Gasteiger partial charge in [0.2, 0.25) is 11.8 Å². The molecule has 112 valence electrons. The Balaban J connectivity index is 1.66. The number of hydrogen-bond donors (Lipinski definition) is 0. The van der Waals surface area contributed by atoms with Gasteiger partial charge in [-0.25, -0.2) is 0 Å². The fraction of sp³-hybridized carbons (Fsp3) is 0.222. The van der Waals surface area contributed by atoms with E-state index in [1.807, 2.05) is 30.3 Å². The smallest absolute Gasteiger partial charge is 0.247 e. The van der Waals surface area contributed by atoms with Crippen molar-refractivity contribution in [2.24, 2.45) is 0 Å². The highest BCUT2D eigenvalue weighted by molar-refractivity contribution is 5.51. The van der Waals surface area contributed by atoms with Gasteiger partial charge >= 0.3 is 0 Å². The molecule has 1 heterocycles. The molecule has 4 heteroatoms. The molecular weight excluding hydrogens is 274 g/mol. The summed E-state index contributed by atoms with van der Waals surface area (Å²) >= 11 is 0. The summed E-state index contributed by atoms with van der Waals surface area (Å²) < 4.78 is 5.74. The summed E-state index contributed by atoms with van der Waals surface area (Å²) in [6, 6.07) is 18.2. The van der Waals surface area contributed by atoms with Gasteiger partial charge in [-0.3, -0.25) is 4.90 Å². The van der Waals surface area contributed by atoms with Gasteiger partial charge in [-0.2, -0.15) is 0 Å². The van der Waals surface area contributed by atoms with Gasteiger partial charge in [0.1, 0.15) is 0 Å². The summed E-state index contributed by atoms with van der Waals surface area (Å²) in [6.07, 6.45) is 0. The highest BCUT2D eigenvalue weighted by Gasteiger charge is 2.11. The maximum absolute atomic E-state index is 5.74. The standard InChI is InChI=1S/C18H19N3O/c1-14-8-6-7-11-16(14)12-21(2)13-17-19-20-18(22-17)15-9-4-3-5-10-15/h3-11H,12-13H2,1-2H3. The predicted octanol–water partition coefficient (Wildman–Crippen LogP) is 3.68. The van der Waals surface area contributed by atoms with Gasteiger partial charge in [-0.1, -0.05) is 42.5 Å². The van der Waals surface area contributed by atoms with Crippen molar-refractivity contribution in [2.75, 3.05) is 7.05 Å². The predicted molar refractivity (Wildman–Crippen MR) is 86.1 cm³/mol. The van der Waals surface area contributed by atoms with Crippen LogP contribution in [0.1, 0.15) is 17.0 Å². The summed E-state index contributed by atoms with van der Waals surface area (Å²) in [5.74, 6) is 1.20. The van der Waals surface area contributed by atoms with Crippen molar-refractivity contribution in [3.8, 4) is 11.5 Å². The lowest BCUT2D eigenvalue weighted by atomic mass is 10.1. The fourth-order valence-corrected chi connectivity index (χ4v) is 2.38. The molecule has 3 aromatic rings. The second-order valence-electron chi connectivity index (χ2n) is 5.47. The maximum Gasteiger partial charge on any atom is 0.247 e. The SMILES string of the molecule is Cc1ccccc1CN(C)Cc1nnc(-c2ccccc2)o1. The molecule has 0 aliphatic rings. The van der Waals surface area contributed by atoms with Crippen LogP contribution in [0.25, 0.3) is 11.5 Å². The molecule has 1 aromatic heterocycles. The van der Waals surface area contributed by atoms with Crippen molar-refractivity contribution in [1.29, 1.82) is 0 Å². The van der Waals surface area contributed by atoms with E-state index in [1.165, 1.54) is 11.1 Å². The fourth-order valence-electron chi connectivity index (χ4n) is 2.38. The molecule has 3 rings (SSSR count). The monoisotopic (exact) mass is 293 g/mol. The normalized spacial score (nSPS) is 11.0. The van der Waals surface area contributed by atoms with Crippen molar-refractivity contribution in [1.82, 2.24) is 15.1 Å². The summed E-state index contributed by atoms with van der Waals surface area (Å²) in [5, 5.41) is 8.26. The van der Waals surface area contributed by atoms with Crippen LogP contribution in [0.15, 0.2) is 59.0 Å². The van der Waals surface area contributed by atoms with E-state index in [9.17, 15) is 0 Å². The van der Waals surface area contributed by atoms with Crippen LogP contribution in [-0.4, -0.2) is 22.1 Å². The topological polar surface area (TPSA) is 42.2 Å². The highest BCUT2D eigenvalue weighted by Crippen LogP contribution is 2.18.